The minimum atomic E-state index is 0.0930. The Morgan fingerprint density at radius 3 is 2.54 bits per heavy atom. The summed E-state index contributed by atoms with van der Waals surface area (Å²) in [6.45, 7) is 11.9. The van der Waals surface area contributed by atoms with E-state index in [4.69, 9.17) is 4.52 Å². The maximum Gasteiger partial charge on any atom is 0.241 e. The van der Waals surface area contributed by atoms with Crippen molar-refractivity contribution in [1.29, 1.82) is 0 Å². The van der Waals surface area contributed by atoms with Crippen LogP contribution in [-0.2, 0) is 22.5 Å². The molecule has 0 aliphatic carbocycles. The Balaban J connectivity index is 1.13. The molecule has 0 saturated carbocycles. The number of amides is 1. The highest BCUT2D eigenvalue weighted by Crippen LogP contribution is 2.25. The van der Waals surface area contributed by atoms with E-state index in [0.29, 0.717) is 18.3 Å². The van der Waals surface area contributed by atoms with Gasteiger partial charge in [0.05, 0.1) is 6.54 Å². The lowest BCUT2D eigenvalue weighted by molar-refractivity contribution is -0.126. The topological polar surface area (TPSA) is 71.3 Å². The number of carbonyl (C=O) groups excluding carboxylic acids is 1. The fraction of sp³-hybridized carbons (Fsp3) is 0.500. The lowest BCUT2D eigenvalue weighted by atomic mass is 9.87. The van der Waals surface area contributed by atoms with Gasteiger partial charge in [0.15, 0.2) is 0 Å². The Kier molecular flexibility index (Phi) is 9.43. The lowest BCUT2D eigenvalue weighted by Crippen LogP contribution is -2.40. The van der Waals surface area contributed by atoms with E-state index in [1.807, 2.05) is 11.8 Å². The van der Waals surface area contributed by atoms with Gasteiger partial charge in [0, 0.05) is 23.8 Å². The van der Waals surface area contributed by atoms with E-state index >= 15 is 0 Å². The van der Waals surface area contributed by atoms with Crippen LogP contribution in [0.1, 0.15) is 62.6 Å². The van der Waals surface area contributed by atoms with E-state index in [0.717, 1.165) is 56.0 Å². The van der Waals surface area contributed by atoms with Crippen molar-refractivity contribution >= 4 is 17.7 Å². The van der Waals surface area contributed by atoms with Crippen LogP contribution in [0, 0.1) is 12.8 Å². The van der Waals surface area contributed by atoms with Gasteiger partial charge in [-0.3, -0.25) is 9.69 Å². The number of aryl methyl sites for hydroxylation is 1. The number of likely N-dealkylation sites (tertiary alicyclic amines) is 1. The number of hydrogen-bond donors (Lipinski definition) is 1. The van der Waals surface area contributed by atoms with Crippen molar-refractivity contribution in [1.82, 2.24) is 20.4 Å². The van der Waals surface area contributed by atoms with Crippen molar-refractivity contribution in [2.45, 2.75) is 64.7 Å². The second kappa shape index (κ2) is 12.7. The van der Waals surface area contributed by atoms with Gasteiger partial charge in [-0.15, -0.1) is 0 Å². The minimum absolute atomic E-state index is 0.0930. The number of nitrogens with zero attached hydrogens (tertiary/aromatic N) is 3. The summed E-state index contributed by atoms with van der Waals surface area (Å²) in [5.74, 6) is 3.63. The fourth-order valence-electron chi connectivity index (χ4n) is 4.58. The first-order chi connectivity index (χ1) is 17.8. The molecule has 0 spiro atoms. The number of carbonyl (C=O) groups is 1. The molecular weight excluding hydrogens is 480 g/mol. The van der Waals surface area contributed by atoms with Crippen LogP contribution in [0.2, 0.25) is 0 Å². The zero-order valence-corrected chi connectivity index (χ0v) is 23.4. The lowest BCUT2D eigenvalue weighted by Gasteiger charge is -2.30. The second-order valence-electron chi connectivity index (χ2n) is 11.0. The van der Waals surface area contributed by atoms with Crippen LogP contribution >= 0.6 is 11.8 Å². The molecule has 1 amide bonds. The quantitative estimate of drug-likeness (QED) is 0.331. The molecular formula is C30H40N4O2S. The predicted molar refractivity (Wildman–Crippen MR) is 151 cm³/mol. The number of nitrogens with one attached hydrogen (secondary N) is 1. The van der Waals surface area contributed by atoms with Crippen molar-refractivity contribution in [3.8, 4) is 11.4 Å². The highest BCUT2D eigenvalue weighted by molar-refractivity contribution is 7.98. The minimum Gasteiger partial charge on any atom is -0.356 e. The standard InChI is InChI=1S/C30H40N4O2S/c1-22-8-5-6-9-25(22)21-37-19-7-16-31-29(35)24-14-17-34(18-15-24)20-27-32-28(33-36-27)23-10-12-26(13-11-23)30(2,3)4/h5-6,8-13,24H,7,14-21H2,1-4H3,(H,31,35). The summed E-state index contributed by atoms with van der Waals surface area (Å²) in [4.78, 5) is 19.5. The predicted octanol–water partition coefficient (Wildman–Crippen LogP) is 5.99. The number of hydrogen-bond acceptors (Lipinski definition) is 6. The van der Waals surface area contributed by atoms with Crippen molar-refractivity contribution in [3.63, 3.8) is 0 Å². The van der Waals surface area contributed by atoms with E-state index < -0.39 is 0 Å². The van der Waals surface area contributed by atoms with Gasteiger partial charge in [-0.2, -0.15) is 16.7 Å². The molecule has 6 nitrogen and oxygen atoms in total. The van der Waals surface area contributed by atoms with E-state index in [-0.39, 0.29) is 17.2 Å². The highest BCUT2D eigenvalue weighted by Gasteiger charge is 2.26. The van der Waals surface area contributed by atoms with Crippen molar-refractivity contribution in [2.75, 3.05) is 25.4 Å². The molecule has 1 fully saturated rings. The molecule has 0 unspecified atom stereocenters. The van der Waals surface area contributed by atoms with Gasteiger partial charge in [0.25, 0.3) is 0 Å². The summed E-state index contributed by atoms with van der Waals surface area (Å²) >= 11 is 1.93. The van der Waals surface area contributed by atoms with Crippen LogP contribution in [0.4, 0.5) is 0 Å². The monoisotopic (exact) mass is 520 g/mol. The van der Waals surface area contributed by atoms with Gasteiger partial charge in [-0.25, -0.2) is 0 Å². The largest absolute Gasteiger partial charge is 0.356 e. The summed E-state index contributed by atoms with van der Waals surface area (Å²) in [6, 6.07) is 16.9. The smallest absolute Gasteiger partial charge is 0.241 e. The molecule has 1 aromatic heterocycles. The average Bonchev–Trinajstić information content (AvgIpc) is 3.35. The van der Waals surface area contributed by atoms with Crippen LogP contribution < -0.4 is 5.32 Å². The SMILES string of the molecule is Cc1ccccc1CSCCCNC(=O)C1CCN(Cc2nc(-c3ccc(C(C)(C)C)cc3)no2)CC1. The first-order valence-corrected chi connectivity index (χ1v) is 14.5. The first kappa shape index (κ1) is 27.4. The van der Waals surface area contributed by atoms with Crippen molar-refractivity contribution < 1.29 is 9.32 Å². The van der Waals surface area contributed by atoms with Gasteiger partial charge in [-0.1, -0.05) is 74.5 Å². The normalized spacial score (nSPS) is 15.1. The van der Waals surface area contributed by atoms with Gasteiger partial charge in [-0.05, 0) is 67.1 Å². The van der Waals surface area contributed by atoms with Crippen molar-refractivity contribution in [3.05, 3.63) is 71.1 Å². The third-order valence-corrected chi connectivity index (χ3v) is 8.17. The zero-order valence-electron chi connectivity index (χ0n) is 22.6. The van der Waals surface area contributed by atoms with E-state index in [1.165, 1.54) is 16.7 Å². The molecule has 1 N–H and O–H groups in total. The average molecular weight is 521 g/mol. The molecule has 0 radical (unpaired) electrons. The molecule has 2 heterocycles. The number of aromatic nitrogens is 2. The number of benzene rings is 2. The molecule has 1 aliphatic rings. The van der Waals surface area contributed by atoms with E-state index in [9.17, 15) is 4.79 Å². The molecule has 3 aromatic rings. The number of piperidine rings is 1. The van der Waals surface area contributed by atoms with E-state index in [1.54, 1.807) is 0 Å². The van der Waals surface area contributed by atoms with Crippen LogP contribution in [0.25, 0.3) is 11.4 Å². The van der Waals surface area contributed by atoms with Gasteiger partial charge in [0.2, 0.25) is 17.6 Å². The molecule has 4 rings (SSSR count). The Morgan fingerprint density at radius 2 is 1.84 bits per heavy atom. The third-order valence-electron chi connectivity index (χ3n) is 7.08. The van der Waals surface area contributed by atoms with Crippen LogP contribution in [0.15, 0.2) is 53.1 Å². The molecule has 0 bridgehead atoms. The van der Waals surface area contributed by atoms with Gasteiger partial charge in [0.1, 0.15) is 0 Å². The molecule has 2 aromatic carbocycles. The zero-order chi connectivity index (χ0) is 26.3. The second-order valence-corrected chi connectivity index (χ2v) is 12.1. The van der Waals surface area contributed by atoms with Gasteiger partial charge < -0.3 is 9.84 Å². The third kappa shape index (κ3) is 7.92. The van der Waals surface area contributed by atoms with Crippen molar-refractivity contribution in [2.24, 2.45) is 5.92 Å². The Labute approximate surface area is 225 Å². The maximum atomic E-state index is 12.6. The van der Waals surface area contributed by atoms with Crippen LogP contribution in [0.3, 0.4) is 0 Å². The Morgan fingerprint density at radius 1 is 1.11 bits per heavy atom. The first-order valence-electron chi connectivity index (χ1n) is 13.4. The molecule has 0 atom stereocenters. The number of thioether (sulfide) groups is 1. The maximum absolute atomic E-state index is 12.6. The molecule has 1 saturated heterocycles. The summed E-state index contributed by atoms with van der Waals surface area (Å²) in [6.07, 6.45) is 2.73. The van der Waals surface area contributed by atoms with Crippen LogP contribution in [-0.4, -0.2) is 46.3 Å². The van der Waals surface area contributed by atoms with E-state index in [2.05, 4.69) is 96.6 Å². The summed E-state index contributed by atoms with van der Waals surface area (Å²) in [7, 11) is 0. The molecule has 1 aliphatic heterocycles. The molecule has 37 heavy (non-hydrogen) atoms. The molecule has 198 valence electrons. The fourth-order valence-corrected chi connectivity index (χ4v) is 5.62. The Hall–Kier alpha value is -2.64. The highest BCUT2D eigenvalue weighted by atomic mass is 32.2. The summed E-state index contributed by atoms with van der Waals surface area (Å²) in [5, 5.41) is 7.33. The van der Waals surface area contributed by atoms with Gasteiger partial charge >= 0.3 is 0 Å². The Bertz CT molecular complexity index is 1140. The molecule has 7 heteroatoms. The summed E-state index contributed by atoms with van der Waals surface area (Å²) in [5.41, 5.74) is 5.11. The van der Waals surface area contributed by atoms with Crippen LogP contribution in [0.5, 0.6) is 0 Å². The number of rotatable bonds is 10. The summed E-state index contributed by atoms with van der Waals surface area (Å²) < 4.78 is 5.53.